The average Bonchev–Trinajstić information content (AvgIpc) is 2.31. The summed E-state index contributed by atoms with van der Waals surface area (Å²) in [6.07, 6.45) is 19.3. The largest absolute Gasteiger partial charge is 0.198 e. The summed E-state index contributed by atoms with van der Waals surface area (Å²) in [7, 11) is 0. The highest BCUT2D eigenvalue weighted by atomic mass is 14.2. The number of nitrogens with zero attached hydrogens (tertiary/aromatic N) is 1. The molecule has 0 aromatic carbocycles. The highest BCUT2D eigenvalue weighted by Crippen LogP contribution is 2.04. The van der Waals surface area contributed by atoms with Crippen molar-refractivity contribution in [3.63, 3.8) is 0 Å². The van der Waals surface area contributed by atoms with E-state index in [1.165, 1.54) is 38.5 Å². The van der Waals surface area contributed by atoms with Crippen molar-refractivity contribution in [3.8, 4) is 6.07 Å². The Morgan fingerprint density at radius 1 is 0.812 bits per heavy atom. The summed E-state index contributed by atoms with van der Waals surface area (Å²) in [6, 6.07) is 2.14. The van der Waals surface area contributed by atoms with Crippen LogP contribution in [0.3, 0.4) is 0 Å². The van der Waals surface area contributed by atoms with Crippen molar-refractivity contribution in [2.45, 2.75) is 64.7 Å². The molecule has 0 aromatic rings. The first-order chi connectivity index (χ1) is 7.91. The zero-order valence-corrected chi connectivity index (χ0v) is 10.6. The van der Waals surface area contributed by atoms with Crippen LogP contribution in [0.25, 0.3) is 0 Å². The lowest BCUT2D eigenvalue weighted by Crippen LogP contribution is -1.73. The maximum absolute atomic E-state index is 8.34. The lowest BCUT2D eigenvalue weighted by molar-refractivity contribution is 0.754. The minimum atomic E-state index is 0.649. The third-order valence-corrected chi connectivity index (χ3v) is 2.47. The van der Waals surface area contributed by atoms with E-state index >= 15 is 0 Å². The Morgan fingerprint density at radius 3 is 1.81 bits per heavy atom. The fraction of sp³-hybridized carbons (Fsp3) is 0.667. The molecule has 0 aliphatic carbocycles. The van der Waals surface area contributed by atoms with Gasteiger partial charge >= 0.3 is 0 Å². The summed E-state index contributed by atoms with van der Waals surface area (Å²) >= 11 is 0. The van der Waals surface area contributed by atoms with Gasteiger partial charge in [-0.2, -0.15) is 5.26 Å². The van der Waals surface area contributed by atoms with Gasteiger partial charge in [0.15, 0.2) is 0 Å². The zero-order valence-electron chi connectivity index (χ0n) is 10.6. The van der Waals surface area contributed by atoms with Crippen LogP contribution in [0.1, 0.15) is 64.7 Å². The molecule has 0 aliphatic rings. The second-order valence-corrected chi connectivity index (χ2v) is 4.07. The van der Waals surface area contributed by atoms with Gasteiger partial charge in [0, 0.05) is 6.42 Å². The van der Waals surface area contributed by atoms with Crippen LogP contribution in [-0.4, -0.2) is 0 Å². The van der Waals surface area contributed by atoms with Crippen LogP contribution in [0.15, 0.2) is 24.3 Å². The molecular weight excluding hydrogens is 194 g/mol. The average molecular weight is 219 g/mol. The van der Waals surface area contributed by atoms with Gasteiger partial charge in [0.2, 0.25) is 0 Å². The topological polar surface area (TPSA) is 23.8 Å². The molecular formula is C15H25N. The fourth-order valence-electron chi connectivity index (χ4n) is 1.47. The number of hydrogen-bond acceptors (Lipinski definition) is 1. The predicted molar refractivity (Wildman–Crippen MR) is 71.1 cm³/mol. The highest BCUT2D eigenvalue weighted by molar-refractivity contribution is 4.86. The summed E-state index contributed by atoms with van der Waals surface area (Å²) in [4.78, 5) is 0. The SMILES string of the molecule is CCCC/C=C/CCCC/C=C/CCC#N. The van der Waals surface area contributed by atoms with Gasteiger partial charge in [0.05, 0.1) is 6.07 Å². The molecule has 0 saturated heterocycles. The lowest BCUT2D eigenvalue weighted by atomic mass is 10.1. The Kier molecular flexibility index (Phi) is 13.1. The fourth-order valence-corrected chi connectivity index (χ4v) is 1.47. The van der Waals surface area contributed by atoms with Crippen LogP contribution in [0.2, 0.25) is 0 Å². The first kappa shape index (κ1) is 15.0. The van der Waals surface area contributed by atoms with E-state index in [9.17, 15) is 0 Å². The second-order valence-electron chi connectivity index (χ2n) is 4.07. The molecule has 0 spiro atoms. The van der Waals surface area contributed by atoms with Crippen molar-refractivity contribution < 1.29 is 0 Å². The molecule has 0 N–H and O–H groups in total. The van der Waals surface area contributed by atoms with Gasteiger partial charge in [-0.3, -0.25) is 0 Å². The lowest BCUT2D eigenvalue weighted by Gasteiger charge is -1.93. The van der Waals surface area contributed by atoms with Crippen molar-refractivity contribution in [2.24, 2.45) is 0 Å². The predicted octanol–water partition coefficient (Wildman–Crippen LogP) is 5.15. The van der Waals surface area contributed by atoms with Gasteiger partial charge in [-0.15, -0.1) is 0 Å². The van der Waals surface area contributed by atoms with Crippen molar-refractivity contribution in [2.75, 3.05) is 0 Å². The standard InChI is InChI=1S/C15H25N/c1-2-3-4-5-6-7-8-9-10-11-12-13-14-15-16/h5-6,11-12H,2-4,7-10,13-14H2,1H3/b6-5+,12-11+. The normalized spacial score (nSPS) is 11.2. The third kappa shape index (κ3) is 13.0. The van der Waals surface area contributed by atoms with Crippen molar-refractivity contribution in [1.29, 1.82) is 5.26 Å². The number of allylic oxidation sites excluding steroid dienone is 4. The Bertz CT molecular complexity index is 220. The van der Waals surface area contributed by atoms with Crippen molar-refractivity contribution in [1.82, 2.24) is 0 Å². The molecule has 0 heterocycles. The monoisotopic (exact) mass is 219 g/mol. The van der Waals surface area contributed by atoms with E-state index < -0.39 is 0 Å². The second kappa shape index (κ2) is 14.0. The first-order valence-electron chi connectivity index (χ1n) is 6.58. The Balaban J connectivity index is 3.12. The van der Waals surface area contributed by atoms with Gasteiger partial charge in [-0.05, 0) is 38.5 Å². The maximum Gasteiger partial charge on any atom is 0.0624 e. The van der Waals surface area contributed by atoms with Crippen LogP contribution in [-0.2, 0) is 0 Å². The first-order valence-corrected chi connectivity index (χ1v) is 6.58. The van der Waals surface area contributed by atoms with Gasteiger partial charge in [-0.1, -0.05) is 44.1 Å². The molecule has 0 aliphatic heterocycles. The minimum Gasteiger partial charge on any atom is -0.198 e. The molecule has 1 nitrogen and oxygen atoms in total. The van der Waals surface area contributed by atoms with E-state index in [0.29, 0.717) is 6.42 Å². The molecule has 0 rings (SSSR count). The van der Waals surface area contributed by atoms with Crippen LogP contribution in [0.4, 0.5) is 0 Å². The zero-order chi connectivity index (χ0) is 11.9. The number of nitriles is 1. The van der Waals surface area contributed by atoms with Crippen LogP contribution >= 0.6 is 0 Å². The molecule has 0 saturated carbocycles. The van der Waals surface area contributed by atoms with Crippen LogP contribution in [0.5, 0.6) is 0 Å². The smallest absolute Gasteiger partial charge is 0.0624 e. The number of unbranched alkanes of at least 4 members (excludes halogenated alkanes) is 6. The maximum atomic E-state index is 8.34. The molecule has 0 aromatic heterocycles. The quantitative estimate of drug-likeness (QED) is 0.368. The van der Waals surface area contributed by atoms with E-state index in [4.69, 9.17) is 5.26 Å². The van der Waals surface area contributed by atoms with Gasteiger partial charge < -0.3 is 0 Å². The molecule has 16 heavy (non-hydrogen) atoms. The summed E-state index contributed by atoms with van der Waals surface area (Å²) < 4.78 is 0. The van der Waals surface area contributed by atoms with E-state index in [1.54, 1.807) is 0 Å². The van der Waals surface area contributed by atoms with Gasteiger partial charge in [0.1, 0.15) is 0 Å². The molecule has 0 atom stereocenters. The van der Waals surface area contributed by atoms with Crippen molar-refractivity contribution in [3.05, 3.63) is 24.3 Å². The summed E-state index contributed by atoms with van der Waals surface area (Å²) in [6.45, 7) is 2.23. The molecule has 90 valence electrons. The summed E-state index contributed by atoms with van der Waals surface area (Å²) in [5.74, 6) is 0. The molecule has 0 radical (unpaired) electrons. The summed E-state index contributed by atoms with van der Waals surface area (Å²) in [5.41, 5.74) is 0. The van der Waals surface area contributed by atoms with Crippen LogP contribution in [0, 0.1) is 11.3 Å². The van der Waals surface area contributed by atoms with E-state index in [-0.39, 0.29) is 0 Å². The van der Waals surface area contributed by atoms with E-state index in [0.717, 1.165) is 12.8 Å². The Labute approximate surface area is 101 Å². The molecule has 0 bridgehead atoms. The molecule has 0 unspecified atom stereocenters. The van der Waals surface area contributed by atoms with Crippen LogP contribution < -0.4 is 0 Å². The minimum absolute atomic E-state index is 0.649. The van der Waals surface area contributed by atoms with Crippen molar-refractivity contribution >= 4 is 0 Å². The van der Waals surface area contributed by atoms with Gasteiger partial charge in [-0.25, -0.2) is 0 Å². The molecule has 0 amide bonds. The summed E-state index contributed by atoms with van der Waals surface area (Å²) in [5, 5.41) is 8.34. The van der Waals surface area contributed by atoms with E-state index in [2.05, 4.69) is 37.3 Å². The number of hydrogen-bond donors (Lipinski definition) is 0. The highest BCUT2D eigenvalue weighted by Gasteiger charge is 1.84. The number of rotatable bonds is 10. The third-order valence-electron chi connectivity index (χ3n) is 2.47. The Hall–Kier alpha value is -1.03. The van der Waals surface area contributed by atoms with Gasteiger partial charge in [0.25, 0.3) is 0 Å². The molecule has 0 fully saturated rings. The van der Waals surface area contributed by atoms with E-state index in [1.807, 2.05) is 0 Å². The molecule has 1 heteroatoms. The Morgan fingerprint density at radius 2 is 1.31 bits per heavy atom.